The van der Waals surface area contributed by atoms with Crippen LogP contribution in [0, 0.1) is 12.7 Å². The molecule has 0 aromatic heterocycles. The minimum atomic E-state index is -0.461. The van der Waals surface area contributed by atoms with Gasteiger partial charge in [-0.15, -0.1) is 0 Å². The van der Waals surface area contributed by atoms with Crippen molar-refractivity contribution in [2.75, 3.05) is 11.9 Å². The van der Waals surface area contributed by atoms with Crippen molar-refractivity contribution in [1.29, 1.82) is 0 Å². The molecule has 3 nitrogen and oxygen atoms in total. The Morgan fingerprint density at radius 2 is 2.00 bits per heavy atom. The van der Waals surface area contributed by atoms with E-state index in [2.05, 4.69) is 21.2 Å². The first-order chi connectivity index (χ1) is 10.0. The van der Waals surface area contributed by atoms with E-state index < -0.39 is 11.7 Å². The normalized spacial score (nSPS) is 12.0. The number of rotatable bonds is 4. The second kappa shape index (κ2) is 6.83. The largest absolute Gasteiger partial charge is 0.329 e. The zero-order chi connectivity index (χ0) is 15.4. The molecule has 0 heterocycles. The maximum Gasteiger partial charge on any atom is 0.233 e. The number of carbonyl (C=O) groups excluding carboxylic acids is 1. The Balaban J connectivity index is 2.23. The van der Waals surface area contributed by atoms with Crippen molar-refractivity contribution in [1.82, 2.24) is 0 Å². The molecule has 1 amide bonds. The summed E-state index contributed by atoms with van der Waals surface area (Å²) < 4.78 is 14.0. The quantitative estimate of drug-likeness (QED) is 0.885. The fourth-order valence-corrected chi connectivity index (χ4v) is 2.54. The smallest absolute Gasteiger partial charge is 0.233 e. The first kappa shape index (κ1) is 15.7. The predicted octanol–water partition coefficient (Wildman–Crippen LogP) is 3.58. The fraction of sp³-hybridized carbons (Fsp3) is 0.188. The van der Waals surface area contributed by atoms with Gasteiger partial charge in [-0.1, -0.05) is 30.3 Å². The molecule has 0 aliphatic carbocycles. The first-order valence-corrected chi connectivity index (χ1v) is 7.33. The first-order valence-electron chi connectivity index (χ1n) is 6.54. The third-order valence-corrected chi connectivity index (χ3v) is 3.89. The highest BCUT2D eigenvalue weighted by molar-refractivity contribution is 9.10. The predicted molar refractivity (Wildman–Crippen MR) is 85.7 cm³/mol. The molecule has 21 heavy (non-hydrogen) atoms. The highest BCUT2D eigenvalue weighted by Gasteiger charge is 2.20. The van der Waals surface area contributed by atoms with Gasteiger partial charge in [-0.05, 0) is 46.1 Å². The third-order valence-electron chi connectivity index (χ3n) is 3.28. The summed E-state index contributed by atoms with van der Waals surface area (Å²) in [5.74, 6) is -1.12. The molecule has 3 N–H and O–H groups in total. The Morgan fingerprint density at radius 3 is 2.62 bits per heavy atom. The van der Waals surface area contributed by atoms with E-state index in [0.29, 0.717) is 10.2 Å². The second-order valence-corrected chi connectivity index (χ2v) is 5.62. The molecule has 2 rings (SSSR count). The molecule has 0 saturated carbocycles. The zero-order valence-corrected chi connectivity index (χ0v) is 13.2. The summed E-state index contributed by atoms with van der Waals surface area (Å²) >= 11 is 3.12. The highest BCUT2D eigenvalue weighted by Crippen LogP contribution is 2.25. The average Bonchev–Trinajstić information content (AvgIpc) is 2.46. The Labute approximate surface area is 131 Å². The SMILES string of the molecule is Cc1cc(Br)c(F)cc1NC(=O)C(CN)c1ccccc1. The van der Waals surface area contributed by atoms with E-state index in [0.717, 1.165) is 11.1 Å². The maximum atomic E-state index is 13.6. The van der Waals surface area contributed by atoms with Gasteiger partial charge in [0.15, 0.2) is 0 Å². The van der Waals surface area contributed by atoms with Gasteiger partial charge in [-0.3, -0.25) is 4.79 Å². The number of hydrogen-bond acceptors (Lipinski definition) is 2. The molecule has 0 spiro atoms. The van der Waals surface area contributed by atoms with Crippen molar-refractivity contribution in [2.45, 2.75) is 12.8 Å². The van der Waals surface area contributed by atoms with Crippen molar-refractivity contribution in [3.63, 3.8) is 0 Å². The molecular formula is C16H16BrFN2O. The standard InChI is InChI=1S/C16H16BrFN2O/c1-10-7-13(17)14(18)8-15(10)20-16(21)12(9-19)11-5-3-2-4-6-11/h2-8,12H,9,19H2,1H3,(H,20,21). The van der Waals surface area contributed by atoms with Crippen molar-refractivity contribution in [2.24, 2.45) is 5.73 Å². The number of aryl methyl sites for hydroxylation is 1. The monoisotopic (exact) mass is 350 g/mol. The summed E-state index contributed by atoms with van der Waals surface area (Å²) in [5, 5.41) is 2.75. The van der Waals surface area contributed by atoms with Crippen LogP contribution < -0.4 is 11.1 Å². The fourth-order valence-electron chi connectivity index (χ4n) is 2.08. The number of halogens is 2. The van der Waals surface area contributed by atoms with E-state index in [1.165, 1.54) is 6.07 Å². The molecule has 0 radical (unpaired) electrons. The number of benzene rings is 2. The van der Waals surface area contributed by atoms with E-state index in [4.69, 9.17) is 5.73 Å². The van der Waals surface area contributed by atoms with Gasteiger partial charge in [0.05, 0.1) is 10.4 Å². The molecule has 1 atom stereocenters. The molecule has 0 aliphatic rings. The molecular weight excluding hydrogens is 335 g/mol. The Bertz CT molecular complexity index is 646. The van der Waals surface area contributed by atoms with E-state index in [-0.39, 0.29) is 12.5 Å². The number of carbonyl (C=O) groups is 1. The molecule has 0 saturated heterocycles. The van der Waals surface area contributed by atoms with Gasteiger partial charge in [0.1, 0.15) is 5.82 Å². The van der Waals surface area contributed by atoms with Crippen LogP contribution in [0.3, 0.4) is 0 Å². The van der Waals surface area contributed by atoms with Gasteiger partial charge in [-0.25, -0.2) is 4.39 Å². The molecule has 5 heteroatoms. The molecule has 0 aliphatic heterocycles. The third kappa shape index (κ3) is 3.68. The van der Waals surface area contributed by atoms with E-state index in [1.807, 2.05) is 30.3 Å². The van der Waals surface area contributed by atoms with Crippen LogP contribution in [-0.4, -0.2) is 12.5 Å². The average molecular weight is 351 g/mol. The van der Waals surface area contributed by atoms with Crippen LogP contribution in [0.25, 0.3) is 0 Å². The van der Waals surface area contributed by atoms with Crippen LogP contribution in [0.15, 0.2) is 46.9 Å². The van der Waals surface area contributed by atoms with Crippen LogP contribution in [0.2, 0.25) is 0 Å². The summed E-state index contributed by atoms with van der Waals surface area (Å²) in [6.45, 7) is 1.99. The molecule has 0 fully saturated rings. The van der Waals surface area contributed by atoms with Crippen LogP contribution >= 0.6 is 15.9 Å². The molecule has 1 unspecified atom stereocenters. The van der Waals surface area contributed by atoms with Crippen molar-refractivity contribution >= 4 is 27.5 Å². The van der Waals surface area contributed by atoms with E-state index >= 15 is 0 Å². The Morgan fingerprint density at radius 1 is 1.33 bits per heavy atom. The lowest BCUT2D eigenvalue weighted by Gasteiger charge is -2.16. The van der Waals surface area contributed by atoms with Gasteiger partial charge >= 0.3 is 0 Å². The van der Waals surface area contributed by atoms with E-state index in [1.54, 1.807) is 13.0 Å². The Kier molecular flexibility index (Phi) is 5.09. The Hall–Kier alpha value is -1.72. The number of nitrogens with two attached hydrogens (primary N) is 1. The van der Waals surface area contributed by atoms with Crippen LogP contribution in [0.5, 0.6) is 0 Å². The topological polar surface area (TPSA) is 55.1 Å². The van der Waals surface area contributed by atoms with Gasteiger partial charge in [0.25, 0.3) is 0 Å². The van der Waals surface area contributed by atoms with Crippen LogP contribution in [0.1, 0.15) is 17.0 Å². The summed E-state index contributed by atoms with van der Waals surface area (Å²) in [5.41, 5.74) is 7.78. The summed E-state index contributed by atoms with van der Waals surface area (Å²) in [6.07, 6.45) is 0. The van der Waals surface area contributed by atoms with Gasteiger partial charge < -0.3 is 11.1 Å². The van der Waals surface area contributed by atoms with Gasteiger partial charge in [0, 0.05) is 12.2 Å². The lowest BCUT2D eigenvalue weighted by atomic mass is 9.98. The lowest BCUT2D eigenvalue weighted by molar-refractivity contribution is -0.117. The summed E-state index contributed by atoms with van der Waals surface area (Å²) in [4.78, 5) is 12.4. The highest BCUT2D eigenvalue weighted by atomic mass is 79.9. The van der Waals surface area contributed by atoms with Crippen molar-refractivity contribution in [3.05, 3.63) is 63.9 Å². The van der Waals surface area contributed by atoms with Crippen molar-refractivity contribution < 1.29 is 9.18 Å². The number of nitrogens with one attached hydrogen (secondary N) is 1. The number of amides is 1. The van der Waals surface area contributed by atoms with E-state index in [9.17, 15) is 9.18 Å². The molecule has 0 bridgehead atoms. The number of anilines is 1. The second-order valence-electron chi connectivity index (χ2n) is 4.77. The maximum absolute atomic E-state index is 13.6. The minimum Gasteiger partial charge on any atom is -0.329 e. The molecule has 2 aromatic carbocycles. The van der Waals surface area contributed by atoms with Crippen LogP contribution in [-0.2, 0) is 4.79 Å². The summed E-state index contributed by atoms with van der Waals surface area (Å²) in [7, 11) is 0. The zero-order valence-electron chi connectivity index (χ0n) is 11.6. The molecule has 110 valence electrons. The number of hydrogen-bond donors (Lipinski definition) is 2. The lowest BCUT2D eigenvalue weighted by Crippen LogP contribution is -2.27. The summed E-state index contributed by atoms with van der Waals surface area (Å²) in [6, 6.07) is 12.2. The molecule has 2 aromatic rings. The van der Waals surface area contributed by atoms with Crippen LogP contribution in [0.4, 0.5) is 10.1 Å². The van der Waals surface area contributed by atoms with Gasteiger partial charge in [0.2, 0.25) is 5.91 Å². The van der Waals surface area contributed by atoms with Gasteiger partial charge in [-0.2, -0.15) is 0 Å². The minimum absolute atomic E-state index is 0.188. The van der Waals surface area contributed by atoms with Crippen molar-refractivity contribution in [3.8, 4) is 0 Å².